The van der Waals surface area contributed by atoms with Crippen molar-refractivity contribution in [3.63, 3.8) is 0 Å². The highest BCUT2D eigenvalue weighted by atomic mass is 35.5. The molecule has 0 aliphatic carbocycles. The van der Waals surface area contributed by atoms with Crippen LogP contribution in [0.25, 0.3) is 11.0 Å². The Hall–Kier alpha value is -3.13. The van der Waals surface area contributed by atoms with Gasteiger partial charge in [0.15, 0.2) is 0 Å². The number of furan rings is 1. The summed E-state index contributed by atoms with van der Waals surface area (Å²) in [5, 5.41) is 10.2. The van der Waals surface area contributed by atoms with Gasteiger partial charge < -0.3 is 9.52 Å². The van der Waals surface area contributed by atoms with E-state index in [9.17, 15) is 13.2 Å². The van der Waals surface area contributed by atoms with Crippen molar-refractivity contribution in [2.75, 3.05) is 6.54 Å². The van der Waals surface area contributed by atoms with Gasteiger partial charge in [0.1, 0.15) is 5.58 Å². The first-order valence-electron chi connectivity index (χ1n) is 9.88. The number of hydrogen-bond acceptors (Lipinski definition) is 4. The van der Waals surface area contributed by atoms with Crippen molar-refractivity contribution >= 4 is 38.6 Å². The molecule has 0 radical (unpaired) electrons. The van der Waals surface area contributed by atoms with Gasteiger partial charge in [-0.3, -0.25) is 0 Å². The van der Waals surface area contributed by atoms with E-state index >= 15 is 0 Å². The molecule has 6 nitrogen and oxygen atoms in total. The zero-order chi connectivity index (χ0) is 22.7. The van der Waals surface area contributed by atoms with E-state index in [0.717, 1.165) is 11.1 Å². The van der Waals surface area contributed by atoms with Gasteiger partial charge in [-0.05, 0) is 60.0 Å². The van der Waals surface area contributed by atoms with Gasteiger partial charge in [0.2, 0.25) is 15.8 Å². The lowest BCUT2D eigenvalue weighted by atomic mass is 10.1. The maximum Gasteiger partial charge on any atom is 0.371 e. The molecule has 0 spiro atoms. The van der Waals surface area contributed by atoms with Crippen LogP contribution in [0.3, 0.4) is 0 Å². The predicted molar refractivity (Wildman–Crippen MR) is 122 cm³/mol. The molecule has 0 fully saturated rings. The Balaban J connectivity index is 1.60. The highest BCUT2D eigenvalue weighted by Gasteiger charge is 2.24. The summed E-state index contributed by atoms with van der Waals surface area (Å²) in [7, 11) is -3.76. The zero-order valence-electron chi connectivity index (χ0n) is 16.9. The van der Waals surface area contributed by atoms with Crippen molar-refractivity contribution in [1.82, 2.24) is 4.31 Å². The van der Waals surface area contributed by atoms with Crippen LogP contribution in [0.2, 0.25) is 5.02 Å². The molecule has 0 unspecified atom stereocenters. The van der Waals surface area contributed by atoms with Gasteiger partial charge in [0.25, 0.3) is 0 Å². The fourth-order valence-corrected chi connectivity index (χ4v) is 4.99. The summed E-state index contributed by atoms with van der Waals surface area (Å²) < 4.78 is 33.5. The van der Waals surface area contributed by atoms with Crippen molar-refractivity contribution < 1.29 is 22.7 Å². The lowest BCUT2D eigenvalue weighted by molar-refractivity contribution is 0.0665. The third-order valence-corrected chi connectivity index (χ3v) is 7.21. The average molecular weight is 470 g/mol. The second-order valence-electron chi connectivity index (χ2n) is 7.32. The summed E-state index contributed by atoms with van der Waals surface area (Å²) >= 11 is 5.93. The Morgan fingerprint density at radius 2 is 1.66 bits per heavy atom. The van der Waals surface area contributed by atoms with Crippen molar-refractivity contribution in [2.24, 2.45) is 0 Å². The first-order chi connectivity index (χ1) is 15.3. The SMILES string of the molecule is O=C(O)c1cc2cc(CCN(Cc3ccccc3)S(=O)(=O)c3ccc(Cl)cc3)ccc2o1. The highest BCUT2D eigenvalue weighted by molar-refractivity contribution is 7.89. The molecule has 0 saturated heterocycles. The molecule has 0 aliphatic heterocycles. The number of nitrogens with zero attached hydrogens (tertiary/aromatic N) is 1. The Bertz CT molecular complexity index is 1350. The topological polar surface area (TPSA) is 87.8 Å². The molecule has 1 aromatic heterocycles. The third-order valence-electron chi connectivity index (χ3n) is 5.09. The zero-order valence-corrected chi connectivity index (χ0v) is 18.5. The summed E-state index contributed by atoms with van der Waals surface area (Å²) in [5.74, 6) is -1.26. The maximum atomic E-state index is 13.4. The average Bonchev–Trinajstić information content (AvgIpc) is 3.21. The molecule has 0 amide bonds. The summed E-state index contributed by atoms with van der Waals surface area (Å²) in [4.78, 5) is 11.3. The van der Waals surface area contributed by atoms with E-state index < -0.39 is 16.0 Å². The fraction of sp³-hybridized carbons (Fsp3) is 0.125. The molecule has 0 saturated carbocycles. The van der Waals surface area contributed by atoms with E-state index in [4.69, 9.17) is 21.1 Å². The lowest BCUT2D eigenvalue weighted by Crippen LogP contribution is -2.32. The van der Waals surface area contributed by atoms with E-state index in [1.54, 1.807) is 18.2 Å². The number of rotatable bonds is 8. The minimum atomic E-state index is -3.76. The molecular weight excluding hydrogens is 450 g/mol. The maximum absolute atomic E-state index is 13.4. The van der Waals surface area contributed by atoms with E-state index in [0.29, 0.717) is 22.4 Å². The van der Waals surface area contributed by atoms with Gasteiger partial charge in [-0.15, -0.1) is 0 Å². The normalized spacial score (nSPS) is 11.8. The predicted octanol–water partition coefficient (Wildman–Crippen LogP) is 5.22. The van der Waals surface area contributed by atoms with Crippen LogP contribution in [0, 0.1) is 0 Å². The number of carboxylic acids is 1. The van der Waals surface area contributed by atoms with Crippen LogP contribution in [0.4, 0.5) is 0 Å². The number of halogens is 1. The second-order valence-corrected chi connectivity index (χ2v) is 9.69. The van der Waals surface area contributed by atoms with Crippen molar-refractivity contribution in [3.8, 4) is 0 Å². The van der Waals surface area contributed by atoms with Gasteiger partial charge in [0, 0.05) is 23.5 Å². The van der Waals surface area contributed by atoms with Crippen LogP contribution in [0.15, 0.2) is 88.2 Å². The van der Waals surface area contributed by atoms with Crippen molar-refractivity contribution in [1.29, 1.82) is 0 Å². The molecule has 32 heavy (non-hydrogen) atoms. The number of aromatic carboxylic acids is 1. The van der Waals surface area contributed by atoms with E-state index in [-0.39, 0.29) is 23.7 Å². The van der Waals surface area contributed by atoms with Gasteiger partial charge in [-0.2, -0.15) is 4.31 Å². The van der Waals surface area contributed by atoms with E-state index in [1.165, 1.54) is 22.5 Å². The molecule has 4 rings (SSSR count). The Morgan fingerprint density at radius 1 is 0.938 bits per heavy atom. The minimum Gasteiger partial charge on any atom is -0.475 e. The van der Waals surface area contributed by atoms with Crippen LogP contribution >= 0.6 is 11.6 Å². The first-order valence-corrected chi connectivity index (χ1v) is 11.7. The summed E-state index contributed by atoms with van der Waals surface area (Å²) in [6.07, 6.45) is 0.448. The number of sulfonamides is 1. The molecule has 164 valence electrons. The number of fused-ring (bicyclic) bond motifs is 1. The second kappa shape index (κ2) is 9.16. The Morgan fingerprint density at radius 3 is 2.34 bits per heavy atom. The minimum absolute atomic E-state index is 0.131. The van der Waals surface area contributed by atoms with Crippen LogP contribution < -0.4 is 0 Å². The number of carbonyl (C=O) groups is 1. The summed E-state index contributed by atoms with van der Waals surface area (Å²) in [6, 6.07) is 22.3. The molecule has 8 heteroatoms. The molecule has 0 aliphatic rings. The van der Waals surface area contributed by atoms with Gasteiger partial charge >= 0.3 is 5.97 Å². The smallest absolute Gasteiger partial charge is 0.371 e. The Kier molecular flexibility index (Phi) is 6.32. The van der Waals surface area contributed by atoms with Crippen LogP contribution in [0.1, 0.15) is 21.7 Å². The van der Waals surface area contributed by atoms with Gasteiger partial charge in [-0.1, -0.05) is 48.0 Å². The quantitative estimate of drug-likeness (QED) is 0.382. The van der Waals surface area contributed by atoms with E-state index in [1.807, 2.05) is 42.5 Å². The standard InChI is InChI=1S/C24H20ClNO5S/c25-20-7-9-21(10-8-20)32(29,30)26(16-18-4-2-1-3-5-18)13-12-17-6-11-22-19(14-17)15-23(31-22)24(27)28/h1-11,14-15H,12-13,16H2,(H,27,28). The first kappa shape index (κ1) is 22.1. The largest absolute Gasteiger partial charge is 0.475 e. The van der Waals surface area contributed by atoms with Gasteiger partial charge in [0.05, 0.1) is 4.90 Å². The molecule has 0 atom stereocenters. The fourth-order valence-electron chi connectivity index (χ4n) is 3.43. The molecule has 1 N–H and O–H groups in total. The number of carboxylic acid groups (broad SMARTS) is 1. The monoisotopic (exact) mass is 469 g/mol. The van der Waals surface area contributed by atoms with Crippen molar-refractivity contribution in [2.45, 2.75) is 17.9 Å². The van der Waals surface area contributed by atoms with Gasteiger partial charge in [-0.25, -0.2) is 13.2 Å². The lowest BCUT2D eigenvalue weighted by Gasteiger charge is -2.22. The molecular formula is C24H20ClNO5S. The number of hydrogen-bond donors (Lipinski definition) is 1. The number of benzene rings is 3. The van der Waals surface area contributed by atoms with Crippen LogP contribution in [-0.4, -0.2) is 30.3 Å². The molecule has 0 bridgehead atoms. The van der Waals surface area contributed by atoms with E-state index in [2.05, 4.69) is 0 Å². The molecule has 4 aromatic rings. The highest BCUT2D eigenvalue weighted by Crippen LogP contribution is 2.24. The molecule has 3 aromatic carbocycles. The van der Waals surface area contributed by atoms with Crippen LogP contribution in [-0.2, 0) is 23.0 Å². The summed E-state index contributed by atoms with van der Waals surface area (Å²) in [5.41, 5.74) is 2.22. The van der Waals surface area contributed by atoms with Crippen LogP contribution in [0.5, 0.6) is 0 Å². The van der Waals surface area contributed by atoms with Crippen molar-refractivity contribution in [3.05, 3.63) is 101 Å². The summed E-state index contributed by atoms with van der Waals surface area (Å²) in [6.45, 7) is 0.470. The molecule has 1 heterocycles. The third kappa shape index (κ3) is 4.85. The Labute approximate surface area is 190 Å².